The van der Waals surface area contributed by atoms with Gasteiger partial charge in [-0.05, 0) is 25.1 Å². The molecule has 7 heteroatoms. The van der Waals surface area contributed by atoms with Crippen LogP contribution in [0.3, 0.4) is 0 Å². The summed E-state index contributed by atoms with van der Waals surface area (Å²) in [7, 11) is 0. The SMILES string of the molecule is C[C@H](C(=O)Nc1cc(Cl)cc(Cl)c1)[NH+]1CCNC(=O)C1. The van der Waals surface area contributed by atoms with Gasteiger partial charge >= 0.3 is 0 Å². The van der Waals surface area contributed by atoms with Gasteiger partial charge in [-0.15, -0.1) is 0 Å². The molecule has 2 rings (SSSR count). The first-order chi connectivity index (χ1) is 9.45. The van der Waals surface area contributed by atoms with Crippen molar-refractivity contribution < 1.29 is 14.5 Å². The van der Waals surface area contributed by atoms with Crippen LogP contribution in [0.1, 0.15) is 6.92 Å². The molecule has 2 atom stereocenters. The number of anilines is 1. The molecule has 1 heterocycles. The van der Waals surface area contributed by atoms with Gasteiger partial charge in [0.1, 0.15) is 0 Å². The third kappa shape index (κ3) is 3.85. The van der Waals surface area contributed by atoms with Crippen molar-refractivity contribution in [2.75, 3.05) is 25.0 Å². The number of quaternary nitrogens is 1. The second-order valence-corrected chi connectivity index (χ2v) is 5.68. The van der Waals surface area contributed by atoms with Gasteiger partial charge in [0.05, 0.1) is 13.1 Å². The fourth-order valence-corrected chi connectivity index (χ4v) is 2.68. The topological polar surface area (TPSA) is 62.6 Å². The van der Waals surface area contributed by atoms with Gasteiger partial charge in [0.25, 0.3) is 11.8 Å². The Bertz CT molecular complexity index is 516. The number of carbonyl (C=O) groups is 2. The number of hydrogen-bond acceptors (Lipinski definition) is 2. The first-order valence-corrected chi connectivity index (χ1v) is 7.09. The Balaban J connectivity index is 2.01. The van der Waals surface area contributed by atoms with Crippen LogP contribution in [-0.4, -0.2) is 37.5 Å². The largest absolute Gasteiger partial charge is 0.346 e. The molecule has 0 aliphatic carbocycles. The predicted molar refractivity (Wildman–Crippen MR) is 78.3 cm³/mol. The number of halogens is 2. The van der Waals surface area contributed by atoms with Crippen LogP contribution in [-0.2, 0) is 9.59 Å². The molecule has 0 saturated carbocycles. The van der Waals surface area contributed by atoms with Crippen LogP contribution in [0.2, 0.25) is 10.0 Å². The molecule has 20 heavy (non-hydrogen) atoms. The average molecular weight is 317 g/mol. The van der Waals surface area contributed by atoms with E-state index in [2.05, 4.69) is 10.6 Å². The van der Waals surface area contributed by atoms with Gasteiger partial charge in [-0.1, -0.05) is 23.2 Å². The van der Waals surface area contributed by atoms with Crippen LogP contribution in [0.5, 0.6) is 0 Å². The Labute approximate surface area is 127 Å². The van der Waals surface area contributed by atoms with Crippen LogP contribution in [0.25, 0.3) is 0 Å². The van der Waals surface area contributed by atoms with Crippen LogP contribution in [0.4, 0.5) is 5.69 Å². The summed E-state index contributed by atoms with van der Waals surface area (Å²) in [6, 6.07) is 4.55. The Kier molecular flexibility index (Phi) is 4.86. The smallest absolute Gasteiger partial charge is 0.282 e. The summed E-state index contributed by atoms with van der Waals surface area (Å²) in [5.41, 5.74) is 0.556. The highest BCUT2D eigenvalue weighted by atomic mass is 35.5. The first kappa shape index (κ1) is 15.1. The van der Waals surface area contributed by atoms with Crippen LogP contribution < -0.4 is 15.5 Å². The summed E-state index contributed by atoms with van der Waals surface area (Å²) < 4.78 is 0. The van der Waals surface area contributed by atoms with E-state index in [9.17, 15) is 9.59 Å². The monoisotopic (exact) mass is 316 g/mol. The quantitative estimate of drug-likeness (QED) is 0.753. The van der Waals surface area contributed by atoms with E-state index >= 15 is 0 Å². The van der Waals surface area contributed by atoms with Crippen molar-refractivity contribution in [2.24, 2.45) is 0 Å². The molecule has 5 nitrogen and oxygen atoms in total. The molecular formula is C13H16Cl2N3O2+. The molecule has 0 aromatic heterocycles. The van der Waals surface area contributed by atoms with E-state index in [0.717, 1.165) is 11.4 Å². The van der Waals surface area contributed by atoms with E-state index in [0.29, 0.717) is 28.8 Å². The van der Waals surface area contributed by atoms with Crippen molar-refractivity contribution in [1.82, 2.24) is 5.32 Å². The molecular weight excluding hydrogens is 301 g/mol. The highest BCUT2D eigenvalue weighted by molar-refractivity contribution is 6.35. The fraction of sp³-hybridized carbons (Fsp3) is 0.385. The summed E-state index contributed by atoms with van der Waals surface area (Å²) in [5, 5.41) is 6.45. The number of hydrogen-bond donors (Lipinski definition) is 3. The van der Waals surface area contributed by atoms with Crippen LogP contribution in [0.15, 0.2) is 18.2 Å². The Morgan fingerprint density at radius 1 is 1.35 bits per heavy atom. The zero-order valence-corrected chi connectivity index (χ0v) is 12.5. The molecule has 1 aliphatic rings. The highest BCUT2D eigenvalue weighted by Crippen LogP contribution is 2.22. The molecule has 2 amide bonds. The molecule has 3 N–H and O–H groups in total. The lowest BCUT2D eigenvalue weighted by Crippen LogP contribution is -3.19. The van der Waals surface area contributed by atoms with E-state index in [1.54, 1.807) is 25.1 Å². The Morgan fingerprint density at radius 3 is 2.60 bits per heavy atom. The van der Waals surface area contributed by atoms with Crippen molar-refractivity contribution in [3.8, 4) is 0 Å². The lowest BCUT2D eigenvalue weighted by atomic mass is 10.2. The summed E-state index contributed by atoms with van der Waals surface area (Å²) >= 11 is 11.8. The molecule has 1 aromatic carbocycles. The first-order valence-electron chi connectivity index (χ1n) is 6.34. The maximum absolute atomic E-state index is 12.2. The number of rotatable bonds is 3. The van der Waals surface area contributed by atoms with E-state index in [1.807, 2.05) is 0 Å². The molecule has 0 radical (unpaired) electrons. The number of piperazine rings is 1. The van der Waals surface area contributed by atoms with Crippen molar-refractivity contribution in [3.63, 3.8) is 0 Å². The highest BCUT2D eigenvalue weighted by Gasteiger charge is 2.29. The summed E-state index contributed by atoms with van der Waals surface area (Å²) in [5.74, 6) is -0.190. The minimum atomic E-state index is -0.321. The van der Waals surface area contributed by atoms with E-state index in [1.165, 1.54) is 0 Å². The number of carbonyl (C=O) groups excluding carboxylic acids is 2. The van der Waals surface area contributed by atoms with E-state index in [4.69, 9.17) is 23.2 Å². The lowest BCUT2D eigenvalue weighted by molar-refractivity contribution is -0.907. The van der Waals surface area contributed by atoms with Gasteiger partial charge < -0.3 is 15.5 Å². The van der Waals surface area contributed by atoms with Gasteiger partial charge in [-0.25, -0.2) is 0 Å². The number of benzene rings is 1. The van der Waals surface area contributed by atoms with Gasteiger partial charge in [0, 0.05) is 15.7 Å². The average Bonchev–Trinajstić information content (AvgIpc) is 2.36. The lowest BCUT2D eigenvalue weighted by Gasteiger charge is -2.28. The number of nitrogens with one attached hydrogen (secondary N) is 3. The molecule has 1 fully saturated rings. The van der Waals surface area contributed by atoms with Crippen LogP contribution >= 0.6 is 23.2 Å². The summed E-state index contributed by atoms with van der Waals surface area (Å²) in [4.78, 5) is 24.5. The maximum atomic E-state index is 12.2. The van der Waals surface area contributed by atoms with Crippen molar-refractivity contribution in [1.29, 1.82) is 0 Å². The van der Waals surface area contributed by atoms with Gasteiger partial charge in [-0.2, -0.15) is 0 Å². The fourth-order valence-electron chi connectivity index (χ4n) is 2.15. The zero-order chi connectivity index (χ0) is 14.7. The summed E-state index contributed by atoms with van der Waals surface area (Å²) in [6.07, 6.45) is 0. The Morgan fingerprint density at radius 2 is 2.00 bits per heavy atom. The molecule has 0 spiro atoms. The molecule has 1 unspecified atom stereocenters. The minimum Gasteiger partial charge on any atom is -0.346 e. The molecule has 0 bridgehead atoms. The predicted octanol–water partition coefficient (Wildman–Crippen LogP) is 0.335. The van der Waals surface area contributed by atoms with Gasteiger partial charge in [0.2, 0.25) is 0 Å². The maximum Gasteiger partial charge on any atom is 0.282 e. The van der Waals surface area contributed by atoms with E-state index in [-0.39, 0.29) is 17.9 Å². The normalized spacial score (nSPS) is 20.1. The van der Waals surface area contributed by atoms with Crippen molar-refractivity contribution in [2.45, 2.75) is 13.0 Å². The molecule has 1 aliphatic heterocycles. The third-order valence-electron chi connectivity index (χ3n) is 3.29. The third-order valence-corrected chi connectivity index (χ3v) is 3.73. The van der Waals surface area contributed by atoms with Gasteiger partial charge in [-0.3, -0.25) is 9.59 Å². The molecule has 1 aromatic rings. The van der Waals surface area contributed by atoms with Gasteiger partial charge in [0.15, 0.2) is 12.6 Å². The van der Waals surface area contributed by atoms with Crippen molar-refractivity contribution >= 4 is 40.7 Å². The second-order valence-electron chi connectivity index (χ2n) is 4.80. The Hall–Kier alpha value is -1.30. The van der Waals surface area contributed by atoms with Crippen LogP contribution in [0, 0.1) is 0 Å². The molecule has 108 valence electrons. The molecule has 1 saturated heterocycles. The zero-order valence-electron chi connectivity index (χ0n) is 11.0. The second kappa shape index (κ2) is 6.43. The standard InChI is InChI=1S/C13H15Cl2N3O2/c1-8(18-3-2-16-12(19)7-18)13(20)17-11-5-9(14)4-10(15)6-11/h4-6,8H,2-3,7H2,1H3,(H,16,19)(H,17,20)/p+1/t8-/m1/s1. The van der Waals surface area contributed by atoms with Crippen molar-refractivity contribution in [3.05, 3.63) is 28.2 Å². The summed E-state index contributed by atoms with van der Waals surface area (Å²) in [6.45, 7) is 3.44. The number of amides is 2. The van der Waals surface area contributed by atoms with E-state index < -0.39 is 0 Å². The minimum absolute atomic E-state index is 0.0308.